The molecule has 142 valence electrons. The normalized spacial score (nSPS) is 10.4. The molecule has 29 heavy (non-hydrogen) atoms. The Balaban J connectivity index is 1.51. The van der Waals surface area contributed by atoms with Gasteiger partial charge in [0.2, 0.25) is 0 Å². The summed E-state index contributed by atoms with van der Waals surface area (Å²) in [5, 5.41) is 6.04. The van der Waals surface area contributed by atoms with Crippen molar-refractivity contribution in [3.05, 3.63) is 103 Å². The van der Waals surface area contributed by atoms with Gasteiger partial charge in [0.25, 0.3) is 5.91 Å². The van der Waals surface area contributed by atoms with E-state index in [-0.39, 0.29) is 11.7 Å². The highest BCUT2D eigenvalue weighted by Gasteiger charge is 2.08. The lowest BCUT2D eigenvalue weighted by molar-refractivity contribution is 0.102. The lowest BCUT2D eigenvalue weighted by Gasteiger charge is -2.09. The van der Waals surface area contributed by atoms with E-state index in [4.69, 9.17) is 0 Å². The zero-order chi connectivity index (χ0) is 20.1. The molecule has 3 aromatic carbocycles. The first kappa shape index (κ1) is 18.3. The summed E-state index contributed by atoms with van der Waals surface area (Å²) in [6.45, 7) is 0. The van der Waals surface area contributed by atoms with Gasteiger partial charge in [-0.15, -0.1) is 0 Å². The van der Waals surface area contributed by atoms with E-state index >= 15 is 0 Å². The molecule has 0 spiro atoms. The molecule has 0 fully saturated rings. The van der Waals surface area contributed by atoms with Gasteiger partial charge in [-0.1, -0.05) is 24.3 Å². The third kappa shape index (κ3) is 4.62. The molecular formula is C23H17FN4O. The highest BCUT2D eigenvalue weighted by molar-refractivity contribution is 6.04. The minimum absolute atomic E-state index is 0.200. The van der Waals surface area contributed by atoms with E-state index in [1.54, 1.807) is 42.6 Å². The molecule has 2 N–H and O–H groups in total. The van der Waals surface area contributed by atoms with Crippen molar-refractivity contribution >= 4 is 23.1 Å². The number of anilines is 3. The second-order valence-corrected chi connectivity index (χ2v) is 6.30. The fraction of sp³-hybridized carbons (Fsp3) is 0. The summed E-state index contributed by atoms with van der Waals surface area (Å²) in [5.74, 6) is 0.538. The summed E-state index contributed by atoms with van der Waals surface area (Å²) < 4.78 is 13.1. The summed E-state index contributed by atoms with van der Waals surface area (Å²) in [6, 6.07) is 24.1. The van der Waals surface area contributed by atoms with E-state index in [9.17, 15) is 9.18 Å². The van der Waals surface area contributed by atoms with Crippen LogP contribution in [0.3, 0.4) is 0 Å². The number of nitrogens with one attached hydrogen (secondary N) is 2. The van der Waals surface area contributed by atoms with Gasteiger partial charge in [-0.2, -0.15) is 0 Å². The number of carbonyl (C=O) groups is 1. The van der Waals surface area contributed by atoms with E-state index in [0.29, 0.717) is 22.8 Å². The van der Waals surface area contributed by atoms with Crippen LogP contribution in [-0.2, 0) is 0 Å². The molecule has 0 aliphatic carbocycles. The molecule has 0 saturated heterocycles. The quantitative estimate of drug-likeness (QED) is 0.491. The third-order valence-electron chi connectivity index (χ3n) is 4.19. The Kier molecular flexibility index (Phi) is 5.25. The number of amides is 1. The number of hydrogen-bond acceptors (Lipinski definition) is 4. The Hall–Kier alpha value is -4.06. The molecule has 0 radical (unpaired) electrons. The molecule has 0 unspecified atom stereocenters. The smallest absolute Gasteiger partial charge is 0.255 e. The second kappa shape index (κ2) is 8.31. The molecule has 4 rings (SSSR count). The van der Waals surface area contributed by atoms with Crippen LogP contribution in [0.5, 0.6) is 0 Å². The number of rotatable bonds is 5. The van der Waals surface area contributed by atoms with Crippen molar-refractivity contribution in [2.24, 2.45) is 0 Å². The van der Waals surface area contributed by atoms with E-state index in [1.165, 1.54) is 12.1 Å². The van der Waals surface area contributed by atoms with E-state index in [0.717, 1.165) is 11.4 Å². The predicted octanol–water partition coefficient (Wildman–Crippen LogP) is 5.28. The van der Waals surface area contributed by atoms with Gasteiger partial charge >= 0.3 is 0 Å². The molecule has 0 atom stereocenters. The molecular weight excluding hydrogens is 367 g/mol. The lowest BCUT2D eigenvalue weighted by Crippen LogP contribution is -2.11. The van der Waals surface area contributed by atoms with Crippen LogP contribution in [0, 0.1) is 5.82 Å². The molecule has 0 aliphatic rings. The van der Waals surface area contributed by atoms with Crippen molar-refractivity contribution in [3.8, 4) is 11.4 Å². The van der Waals surface area contributed by atoms with E-state index < -0.39 is 0 Å². The molecule has 6 heteroatoms. The van der Waals surface area contributed by atoms with Crippen LogP contribution in [0.15, 0.2) is 91.1 Å². The highest BCUT2D eigenvalue weighted by atomic mass is 19.1. The lowest BCUT2D eigenvalue weighted by atomic mass is 10.1. The van der Waals surface area contributed by atoms with Crippen molar-refractivity contribution < 1.29 is 9.18 Å². The minimum atomic E-state index is -0.311. The number of aromatic nitrogens is 2. The van der Waals surface area contributed by atoms with Gasteiger partial charge in [0.1, 0.15) is 11.6 Å². The summed E-state index contributed by atoms with van der Waals surface area (Å²) in [4.78, 5) is 21.2. The number of carbonyl (C=O) groups excluding carboxylic acids is 1. The summed E-state index contributed by atoms with van der Waals surface area (Å²) >= 11 is 0. The fourth-order valence-corrected chi connectivity index (χ4v) is 2.78. The van der Waals surface area contributed by atoms with Gasteiger partial charge in [0.15, 0.2) is 5.82 Å². The maximum absolute atomic E-state index is 13.1. The monoisotopic (exact) mass is 384 g/mol. The number of benzene rings is 3. The first-order valence-electron chi connectivity index (χ1n) is 9.00. The number of halogens is 1. The van der Waals surface area contributed by atoms with Crippen LogP contribution in [0.25, 0.3) is 11.4 Å². The Morgan fingerprint density at radius 1 is 0.828 bits per heavy atom. The van der Waals surface area contributed by atoms with Gasteiger partial charge in [-0.05, 0) is 60.7 Å². The SMILES string of the molecule is O=C(Nc1ccccc1)c1cccc(Nc2ccnc(-c3ccc(F)cc3)n2)c1. The Labute approximate surface area is 167 Å². The van der Waals surface area contributed by atoms with Crippen molar-refractivity contribution in [1.29, 1.82) is 0 Å². The zero-order valence-electron chi connectivity index (χ0n) is 15.3. The third-order valence-corrected chi connectivity index (χ3v) is 4.19. The largest absolute Gasteiger partial charge is 0.340 e. The van der Waals surface area contributed by atoms with Gasteiger partial charge < -0.3 is 10.6 Å². The van der Waals surface area contributed by atoms with Crippen LogP contribution < -0.4 is 10.6 Å². The van der Waals surface area contributed by atoms with Gasteiger partial charge in [0.05, 0.1) is 0 Å². The maximum atomic E-state index is 13.1. The average Bonchev–Trinajstić information content (AvgIpc) is 2.75. The molecule has 1 aromatic heterocycles. The number of para-hydroxylation sites is 1. The van der Waals surface area contributed by atoms with Gasteiger partial charge in [0, 0.05) is 28.7 Å². The average molecular weight is 384 g/mol. The van der Waals surface area contributed by atoms with Crippen molar-refractivity contribution in [2.75, 3.05) is 10.6 Å². The standard InChI is InChI=1S/C23H17FN4O/c24-18-11-9-16(10-12-18)22-25-14-13-21(28-22)26-20-8-4-5-17(15-20)23(29)27-19-6-2-1-3-7-19/h1-15H,(H,27,29)(H,25,26,28). The Morgan fingerprint density at radius 2 is 1.59 bits per heavy atom. The Morgan fingerprint density at radius 3 is 2.38 bits per heavy atom. The zero-order valence-corrected chi connectivity index (χ0v) is 15.3. The Bertz CT molecular complexity index is 1130. The summed E-state index contributed by atoms with van der Waals surface area (Å²) in [6.07, 6.45) is 1.62. The first-order chi connectivity index (χ1) is 14.2. The first-order valence-corrected chi connectivity index (χ1v) is 9.00. The van der Waals surface area contributed by atoms with E-state index in [1.807, 2.05) is 36.4 Å². The predicted molar refractivity (Wildman–Crippen MR) is 112 cm³/mol. The van der Waals surface area contributed by atoms with Crippen LogP contribution >= 0.6 is 0 Å². The van der Waals surface area contributed by atoms with Crippen molar-refractivity contribution in [3.63, 3.8) is 0 Å². The molecule has 1 amide bonds. The van der Waals surface area contributed by atoms with Crippen LogP contribution in [0.4, 0.5) is 21.6 Å². The van der Waals surface area contributed by atoms with Gasteiger partial charge in [-0.25, -0.2) is 14.4 Å². The summed E-state index contributed by atoms with van der Waals surface area (Å²) in [5.41, 5.74) is 2.68. The van der Waals surface area contributed by atoms with Crippen molar-refractivity contribution in [1.82, 2.24) is 9.97 Å². The van der Waals surface area contributed by atoms with Crippen LogP contribution in [0.1, 0.15) is 10.4 Å². The fourth-order valence-electron chi connectivity index (χ4n) is 2.78. The topological polar surface area (TPSA) is 66.9 Å². The molecule has 4 aromatic rings. The van der Waals surface area contributed by atoms with Crippen LogP contribution in [0.2, 0.25) is 0 Å². The molecule has 0 bridgehead atoms. The molecule has 0 saturated carbocycles. The molecule has 5 nitrogen and oxygen atoms in total. The highest BCUT2D eigenvalue weighted by Crippen LogP contribution is 2.20. The molecule has 1 heterocycles. The summed E-state index contributed by atoms with van der Waals surface area (Å²) in [7, 11) is 0. The number of nitrogens with zero attached hydrogens (tertiary/aromatic N) is 2. The van der Waals surface area contributed by atoms with Crippen LogP contribution in [-0.4, -0.2) is 15.9 Å². The second-order valence-electron chi connectivity index (χ2n) is 6.30. The maximum Gasteiger partial charge on any atom is 0.255 e. The van der Waals surface area contributed by atoms with Gasteiger partial charge in [-0.3, -0.25) is 4.79 Å². The minimum Gasteiger partial charge on any atom is -0.340 e. The molecule has 0 aliphatic heterocycles. The number of hydrogen-bond donors (Lipinski definition) is 2. The van der Waals surface area contributed by atoms with Crippen molar-refractivity contribution in [2.45, 2.75) is 0 Å². The van der Waals surface area contributed by atoms with E-state index in [2.05, 4.69) is 20.6 Å².